The predicted molar refractivity (Wildman–Crippen MR) is 108 cm³/mol. The van der Waals surface area contributed by atoms with E-state index in [0.717, 1.165) is 4.90 Å². The monoisotopic (exact) mass is 410 g/mol. The number of hydrogen-bond acceptors (Lipinski definition) is 5. The van der Waals surface area contributed by atoms with Crippen LogP contribution in [0.1, 0.15) is 10.4 Å². The van der Waals surface area contributed by atoms with E-state index in [0.29, 0.717) is 22.6 Å². The van der Waals surface area contributed by atoms with E-state index >= 15 is 0 Å². The Morgan fingerprint density at radius 2 is 1.57 bits per heavy atom. The molecule has 0 aliphatic carbocycles. The summed E-state index contributed by atoms with van der Waals surface area (Å²) in [6, 6.07) is 11.3. The van der Waals surface area contributed by atoms with E-state index in [1.807, 2.05) is 0 Å². The molecule has 2 aromatic carbocycles. The molecule has 0 spiro atoms. The first-order valence-electron chi connectivity index (χ1n) is 8.77. The number of amides is 7. The largest absolute Gasteiger partial charge is 0.351 e. The fourth-order valence-electron chi connectivity index (χ4n) is 2.74. The Morgan fingerprint density at radius 3 is 2.20 bits per heavy atom. The maximum Gasteiger partial charge on any atom is 0.325 e. The van der Waals surface area contributed by atoms with Gasteiger partial charge in [0.1, 0.15) is 13.1 Å². The maximum atomic E-state index is 12.5. The van der Waals surface area contributed by atoms with Crippen LogP contribution in [0.2, 0.25) is 0 Å². The second kappa shape index (κ2) is 8.73. The molecule has 0 unspecified atom stereocenters. The van der Waals surface area contributed by atoms with Crippen LogP contribution in [-0.4, -0.2) is 47.8 Å². The number of carbonyl (C=O) groups excluding carboxylic acids is 5. The van der Waals surface area contributed by atoms with Crippen molar-refractivity contribution in [3.63, 3.8) is 0 Å². The van der Waals surface area contributed by atoms with Gasteiger partial charge in [0.15, 0.2) is 0 Å². The lowest BCUT2D eigenvalue weighted by molar-refractivity contribution is -0.119. The molecular weight excluding hydrogens is 392 g/mol. The molecule has 7 amide bonds. The maximum absolute atomic E-state index is 12.5. The highest BCUT2D eigenvalue weighted by Gasteiger charge is 2.28. The Kier molecular flexibility index (Phi) is 5.92. The van der Waals surface area contributed by atoms with E-state index in [1.54, 1.807) is 36.4 Å². The van der Waals surface area contributed by atoms with E-state index in [2.05, 4.69) is 21.3 Å². The minimum absolute atomic E-state index is 0.175. The smallest absolute Gasteiger partial charge is 0.325 e. The third kappa shape index (κ3) is 5.32. The number of rotatable bonds is 6. The van der Waals surface area contributed by atoms with Crippen molar-refractivity contribution in [1.29, 1.82) is 0 Å². The predicted octanol–water partition coefficient (Wildman–Crippen LogP) is 0.920. The number of nitrogens with one attached hydrogen (secondary N) is 4. The molecule has 0 radical (unpaired) electrons. The summed E-state index contributed by atoms with van der Waals surface area (Å²) in [6.45, 7) is -0.458. The molecule has 1 heterocycles. The molecule has 1 saturated heterocycles. The van der Waals surface area contributed by atoms with Crippen molar-refractivity contribution in [3.05, 3.63) is 54.1 Å². The zero-order valence-corrected chi connectivity index (χ0v) is 15.6. The van der Waals surface area contributed by atoms with Crippen LogP contribution < -0.4 is 27.0 Å². The second-order valence-corrected chi connectivity index (χ2v) is 6.36. The molecule has 0 atom stereocenters. The average molecular weight is 410 g/mol. The number of carbonyl (C=O) groups is 5. The van der Waals surface area contributed by atoms with Crippen LogP contribution in [0.15, 0.2) is 48.5 Å². The van der Waals surface area contributed by atoms with Crippen LogP contribution in [0, 0.1) is 0 Å². The van der Waals surface area contributed by atoms with Crippen molar-refractivity contribution < 1.29 is 24.0 Å². The fourth-order valence-corrected chi connectivity index (χ4v) is 2.74. The van der Waals surface area contributed by atoms with Gasteiger partial charge in [-0.3, -0.25) is 19.7 Å². The van der Waals surface area contributed by atoms with Crippen molar-refractivity contribution in [2.24, 2.45) is 5.73 Å². The standard InChI is InChI=1S/C19H18N6O5/c20-18(29)23-12-4-1-3-11(7-12)17(28)22-14-6-2-5-13(8-14)21-15(26)9-25-10-16(27)24-19(25)30/h1-8H,9-10H2,(H,21,26)(H,22,28)(H3,20,23,29)(H,24,27,30). The molecule has 2 aromatic rings. The minimum atomic E-state index is -0.744. The first kappa shape index (κ1) is 20.3. The summed E-state index contributed by atoms with van der Waals surface area (Å²) in [5.74, 6) is -1.39. The normalized spacial score (nSPS) is 12.9. The van der Waals surface area contributed by atoms with Gasteiger partial charge in [-0.25, -0.2) is 9.59 Å². The molecule has 3 rings (SSSR count). The third-order valence-electron chi connectivity index (χ3n) is 4.00. The van der Waals surface area contributed by atoms with Gasteiger partial charge in [0.05, 0.1) is 0 Å². The Labute approximate surface area is 170 Å². The van der Waals surface area contributed by atoms with E-state index in [-0.39, 0.29) is 13.1 Å². The lowest BCUT2D eigenvalue weighted by Gasteiger charge is -2.13. The highest BCUT2D eigenvalue weighted by molar-refractivity contribution is 6.06. The van der Waals surface area contributed by atoms with Gasteiger partial charge in [0.2, 0.25) is 11.8 Å². The van der Waals surface area contributed by atoms with Gasteiger partial charge >= 0.3 is 12.1 Å². The minimum Gasteiger partial charge on any atom is -0.351 e. The van der Waals surface area contributed by atoms with Gasteiger partial charge < -0.3 is 26.6 Å². The van der Waals surface area contributed by atoms with Gasteiger partial charge in [0, 0.05) is 22.6 Å². The van der Waals surface area contributed by atoms with Crippen molar-refractivity contribution in [2.75, 3.05) is 29.0 Å². The van der Waals surface area contributed by atoms with Gasteiger partial charge in [-0.2, -0.15) is 0 Å². The zero-order chi connectivity index (χ0) is 21.7. The van der Waals surface area contributed by atoms with Crippen LogP contribution in [0.5, 0.6) is 0 Å². The first-order chi connectivity index (χ1) is 14.3. The third-order valence-corrected chi connectivity index (χ3v) is 4.00. The van der Waals surface area contributed by atoms with E-state index in [9.17, 15) is 24.0 Å². The topological polar surface area (TPSA) is 163 Å². The number of imide groups is 1. The van der Waals surface area contributed by atoms with Crippen molar-refractivity contribution in [2.45, 2.75) is 0 Å². The molecular formula is C19H18N6O5. The molecule has 154 valence electrons. The lowest BCUT2D eigenvalue weighted by atomic mass is 10.1. The van der Waals surface area contributed by atoms with E-state index in [1.165, 1.54) is 12.1 Å². The zero-order valence-electron chi connectivity index (χ0n) is 15.6. The second-order valence-electron chi connectivity index (χ2n) is 6.36. The molecule has 0 bridgehead atoms. The summed E-state index contributed by atoms with van der Waals surface area (Å²) in [4.78, 5) is 59.3. The van der Waals surface area contributed by atoms with Gasteiger partial charge in [-0.05, 0) is 36.4 Å². The molecule has 0 saturated carbocycles. The van der Waals surface area contributed by atoms with Gasteiger partial charge in [-0.15, -0.1) is 0 Å². The molecule has 1 fully saturated rings. The summed E-state index contributed by atoms with van der Waals surface area (Å²) >= 11 is 0. The van der Waals surface area contributed by atoms with Crippen LogP contribution in [-0.2, 0) is 9.59 Å². The van der Waals surface area contributed by atoms with Crippen LogP contribution in [0.25, 0.3) is 0 Å². The summed E-state index contributed by atoms with van der Waals surface area (Å²) in [5.41, 5.74) is 6.55. The number of anilines is 3. The van der Waals surface area contributed by atoms with Crippen molar-refractivity contribution in [3.8, 4) is 0 Å². The number of primary amides is 1. The highest BCUT2D eigenvalue weighted by Crippen LogP contribution is 2.17. The Bertz CT molecular complexity index is 1040. The molecule has 11 heteroatoms. The van der Waals surface area contributed by atoms with E-state index in [4.69, 9.17) is 5.73 Å². The number of benzene rings is 2. The number of hydrogen-bond donors (Lipinski definition) is 5. The first-order valence-corrected chi connectivity index (χ1v) is 8.77. The summed E-state index contributed by atoms with van der Waals surface area (Å²) in [7, 11) is 0. The summed E-state index contributed by atoms with van der Waals surface area (Å²) in [6.07, 6.45) is 0. The van der Waals surface area contributed by atoms with Gasteiger partial charge in [0.25, 0.3) is 5.91 Å². The number of nitrogens with zero attached hydrogens (tertiary/aromatic N) is 1. The van der Waals surface area contributed by atoms with Crippen LogP contribution in [0.3, 0.4) is 0 Å². The summed E-state index contributed by atoms with van der Waals surface area (Å²) < 4.78 is 0. The Balaban J connectivity index is 1.62. The van der Waals surface area contributed by atoms with Crippen LogP contribution >= 0.6 is 0 Å². The fraction of sp³-hybridized carbons (Fsp3) is 0.105. The molecule has 6 N–H and O–H groups in total. The van der Waals surface area contributed by atoms with Crippen molar-refractivity contribution in [1.82, 2.24) is 10.2 Å². The molecule has 30 heavy (non-hydrogen) atoms. The van der Waals surface area contributed by atoms with Gasteiger partial charge in [-0.1, -0.05) is 12.1 Å². The molecule has 11 nitrogen and oxygen atoms in total. The number of urea groups is 2. The number of nitrogens with two attached hydrogens (primary N) is 1. The SMILES string of the molecule is NC(=O)Nc1cccc(C(=O)Nc2cccc(NC(=O)CN3CC(=O)NC3=O)c2)c1. The molecule has 1 aliphatic rings. The molecule has 1 aliphatic heterocycles. The average Bonchev–Trinajstić information content (AvgIpc) is 2.98. The Morgan fingerprint density at radius 1 is 0.933 bits per heavy atom. The Hall–Kier alpha value is -4.41. The van der Waals surface area contributed by atoms with Crippen molar-refractivity contribution >= 4 is 46.8 Å². The molecule has 0 aromatic heterocycles. The van der Waals surface area contributed by atoms with Crippen LogP contribution in [0.4, 0.5) is 26.7 Å². The lowest BCUT2D eigenvalue weighted by Crippen LogP contribution is -2.35. The van der Waals surface area contributed by atoms with E-state index < -0.39 is 29.8 Å². The highest BCUT2D eigenvalue weighted by atomic mass is 16.2. The summed E-state index contributed by atoms with van der Waals surface area (Å²) in [5, 5.41) is 9.76. The quantitative estimate of drug-likeness (QED) is 0.447.